The fraction of sp³-hybridized carbons (Fsp3) is 0.300. The van der Waals surface area contributed by atoms with Gasteiger partial charge in [-0.3, -0.25) is 9.59 Å². The van der Waals surface area contributed by atoms with E-state index in [9.17, 15) is 9.59 Å². The summed E-state index contributed by atoms with van der Waals surface area (Å²) in [6.45, 7) is 4.73. The van der Waals surface area contributed by atoms with Crippen molar-refractivity contribution in [2.45, 2.75) is 13.8 Å². The molecular weight excluding hydrogens is 334 g/mol. The van der Waals surface area contributed by atoms with E-state index in [2.05, 4.69) is 0 Å². The molecule has 1 heterocycles. The number of nitrogens with zero attached hydrogens (tertiary/aromatic N) is 1. The molecule has 1 aliphatic rings. The summed E-state index contributed by atoms with van der Waals surface area (Å²) in [4.78, 5) is 25.8. The highest BCUT2D eigenvalue weighted by Crippen LogP contribution is 2.32. The molecule has 1 aliphatic heterocycles. The Morgan fingerprint density at radius 1 is 1.08 bits per heavy atom. The van der Waals surface area contributed by atoms with Gasteiger partial charge in [0.2, 0.25) is 0 Å². The number of ketones is 1. The Hall–Kier alpha value is -3.02. The van der Waals surface area contributed by atoms with E-state index in [1.165, 1.54) is 6.92 Å². The van der Waals surface area contributed by atoms with Crippen molar-refractivity contribution < 1.29 is 23.8 Å². The smallest absolute Gasteiger partial charge is 0.265 e. The SMILES string of the molecule is CCOc1ccc(OCC(=O)N2CCOc3ccc(C(C)=O)cc32)cc1. The molecule has 0 unspecified atom stereocenters. The van der Waals surface area contributed by atoms with Crippen LogP contribution < -0.4 is 19.1 Å². The molecule has 0 aromatic heterocycles. The number of hydrogen-bond acceptors (Lipinski definition) is 5. The minimum Gasteiger partial charge on any atom is -0.494 e. The van der Waals surface area contributed by atoms with Crippen molar-refractivity contribution in [1.82, 2.24) is 0 Å². The van der Waals surface area contributed by atoms with E-state index < -0.39 is 0 Å². The maximum atomic E-state index is 12.6. The molecule has 1 amide bonds. The van der Waals surface area contributed by atoms with Gasteiger partial charge in [0.1, 0.15) is 23.9 Å². The molecular formula is C20H21NO5. The Morgan fingerprint density at radius 3 is 2.42 bits per heavy atom. The van der Waals surface area contributed by atoms with Crippen LogP contribution in [0.5, 0.6) is 17.2 Å². The van der Waals surface area contributed by atoms with Crippen LogP contribution in [0.1, 0.15) is 24.2 Å². The first-order valence-corrected chi connectivity index (χ1v) is 8.52. The van der Waals surface area contributed by atoms with Crippen molar-refractivity contribution in [3.63, 3.8) is 0 Å². The van der Waals surface area contributed by atoms with Gasteiger partial charge in [0.15, 0.2) is 12.4 Å². The fourth-order valence-corrected chi connectivity index (χ4v) is 2.72. The number of ether oxygens (including phenoxy) is 3. The quantitative estimate of drug-likeness (QED) is 0.745. The summed E-state index contributed by atoms with van der Waals surface area (Å²) in [6.07, 6.45) is 0. The molecule has 26 heavy (non-hydrogen) atoms. The zero-order chi connectivity index (χ0) is 18.5. The largest absolute Gasteiger partial charge is 0.494 e. The number of anilines is 1. The molecule has 6 nitrogen and oxygen atoms in total. The summed E-state index contributed by atoms with van der Waals surface area (Å²) in [6, 6.07) is 12.2. The molecule has 0 radical (unpaired) electrons. The summed E-state index contributed by atoms with van der Waals surface area (Å²) in [7, 11) is 0. The van der Waals surface area contributed by atoms with Crippen molar-refractivity contribution in [3.8, 4) is 17.2 Å². The second kappa shape index (κ2) is 7.91. The maximum absolute atomic E-state index is 12.6. The average Bonchev–Trinajstić information content (AvgIpc) is 2.66. The normalized spacial score (nSPS) is 12.8. The van der Waals surface area contributed by atoms with E-state index in [0.717, 1.165) is 5.75 Å². The van der Waals surface area contributed by atoms with Crippen LogP contribution in [0.3, 0.4) is 0 Å². The summed E-state index contributed by atoms with van der Waals surface area (Å²) in [5, 5.41) is 0. The number of carbonyl (C=O) groups is 2. The highest BCUT2D eigenvalue weighted by molar-refractivity contribution is 6.00. The summed E-state index contributed by atoms with van der Waals surface area (Å²) in [5.74, 6) is 1.69. The lowest BCUT2D eigenvalue weighted by Crippen LogP contribution is -2.40. The Balaban J connectivity index is 1.69. The first-order chi connectivity index (χ1) is 12.6. The lowest BCUT2D eigenvalue weighted by molar-refractivity contribution is -0.120. The number of Topliss-reactive ketones (excluding diaryl/α,β-unsaturated/α-hetero) is 1. The van der Waals surface area contributed by atoms with Gasteiger partial charge in [-0.15, -0.1) is 0 Å². The molecule has 2 aromatic carbocycles. The first kappa shape index (κ1) is 17.8. The third-order valence-corrected chi connectivity index (χ3v) is 4.03. The lowest BCUT2D eigenvalue weighted by Gasteiger charge is -2.29. The van der Waals surface area contributed by atoms with Crippen molar-refractivity contribution in [1.29, 1.82) is 0 Å². The first-order valence-electron chi connectivity index (χ1n) is 8.52. The zero-order valence-electron chi connectivity index (χ0n) is 14.9. The predicted octanol–water partition coefficient (Wildman–Crippen LogP) is 3.09. The molecule has 6 heteroatoms. The van der Waals surface area contributed by atoms with Gasteiger partial charge in [-0.1, -0.05) is 0 Å². The minimum atomic E-state index is -0.191. The number of carbonyl (C=O) groups excluding carboxylic acids is 2. The van der Waals surface area contributed by atoms with E-state index in [-0.39, 0.29) is 18.3 Å². The molecule has 0 fully saturated rings. The monoisotopic (exact) mass is 355 g/mol. The van der Waals surface area contributed by atoms with Gasteiger partial charge < -0.3 is 19.1 Å². The highest BCUT2D eigenvalue weighted by atomic mass is 16.5. The molecule has 0 saturated heterocycles. The molecule has 0 aliphatic carbocycles. The minimum absolute atomic E-state index is 0.0589. The van der Waals surface area contributed by atoms with Crippen LogP contribution in [0.15, 0.2) is 42.5 Å². The van der Waals surface area contributed by atoms with E-state index >= 15 is 0 Å². The van der Waals surface area contributed by atoms with Crippen molar-refractivity contribution in [3.05, 3.63) is 48.0 Å². The summed E-state index contributed by atoms with van der Waals surface area (Å²) >= 11 is 0. The number of benzene rings is 2. The molecule has 0 saturated carbocycles. The van der Waals surface area contributed by atoms with Gasteiger partial charge in [-0.05, 0) is 56.3 Å². The van der Waals surface area contributed by atoms with Crippen LogP contribution in [0.25, 0.3) is 0 Å². The Labute approximate surface area is 152 Å². The van der Waals surface area contributed by atoms with Crippen LogP contribution in [-0.2, 0) is 4.79 Å². The maximum Gasteiger partial charge on any atom is 0.265 e. The Morgan fingerprint density at radius 2 is 1.77 bits per heavy atom. The van der Waals surface area contributed by atoms with Gasteiger partial charge in [0.25, 0.3) is 5.91 Å². The van der Waals surface area contributed by atoms with Crippen molar-refractivity contribution in [2.75, 3.05) is 31.3 Å². The highest BCUT2D eigenvalue weighted by Gasteiger charge is 2.24. The molecule has 136 valence electrons. The summed E-state index contributed by atoms with van der Waals surface area (Å²) < 4.78 is 16.5. The van der Waals surface area contributed by atoms with Crippen LogP contribution in [0, 0.1) is 0 Å². The van der Waals surface area contributed by atoms with Crippen LogP contribution in [0.2, 0.25) is 0 Å². The van der Waals surface area contributed by atoms with E-state index in [1.807, 2.05) is 6.92 Å². The standard InChI is InChI=1S/C20H21NO5/c1-3-24-16-5-7-17(8-6-16)26-13-20(23)21-10-11-25-19-9-4-15(14(2)22)12-18(19)21/h4-9,12H,3,10-11,13H2,1-2H3. The van der Waals surface area contributed by atoms with E-state index in [1.54, 1.807) is 47.4 Å². The van der Waals surface area contributed by atoms with Gasteiger partial charge in [0, 0.05) is 5.56 Å². The lowest BCUT2D eigenvalue weighted by atomic mass is 10.1. The van der Waals surface area contributed by atoms with Crippen LogP contribution in [0.4, 0.5) is 5.69 Å². The number of hydrogen-bond donors (Lipinski definition) is 0. The number of amides is 1. The third kappa shape index (κ3) is 3.96. The zero-order valence-corrected chi connectivity index (χ0v) is 14.9. The van der Waals surface area contributed by atoms with Crippen molar-refractivity contribution in [2.24, 2.45) is 0 Å². The average molecular weight is 355 g/mol. The van der Waals surface area contributed by atoms with E-state index in [0.29, 0.717) is 42.5 Å². The van der Waals surface area contributed by atoms with Gasteiger partial charge >= 0.3 is 0 Å². The van der Waals surface area contributed by atoms with E-state index in [4.69, 9.17) is 14.2 Å². The fourth-order valence-electron chi connectivity index (χ4n) is 2.72. The molecule has 0 bridgehead atoms. The molecule has 0 spiro atoms. The molecule has 3 rings (SSSR count). The molecule has 0 atom stereocenters. The summed E-state index contributed by atoms with van der Waals surface area (Å²) in [5.41, 5.74) is 1.14. The van der Waals surface area contributed by atoms with Crippen LogP contribution in [-0.4, -0.2) is 38.1 Å². The molecule has 2 aromatic rings. The second-order valence-electron chi connectivity index (χ2n) is 5.83. The van der Waals surface area contributed by atoms with Gasteiger partial charge in [0.05, 0.1) is 18.8 Å². The number of rotatable bonds is 6. The second-order valence-corrected chi connectivity index (χ2v) is 5.83. The van der Waals surface area contributed by atoms with Crippen LogP contribution >= 0.6 is 0 Å². The topological polar surface area (TPSA) is 65.1 Å². The van der Waals surface area contributed by atoms with Crippen molar-refractivity contribution >= 4 is 17.4 Å². The Bertz CT molecular complexity index is 800. The van der Waals surface area contributed by atoms with Gasteiger partial charge in [-0.25, -0.2) is 0 Å². The molecule has 0 N–H and O–H groups in total. The van der Waals surface area contributed by atoms with Gasteiger partial charge in [-0.2, -0.15) is 0 Å². The third-order valence-electron chi connectivity index (χ3n) is 4.03. The predicted molar refractivity (Wildman–Crippen MR) is 97.4 cm³/mol. The Kier molecular flexibility index (Phi) is 5.41. The number of fused-ring (bicyclic) bond motifs is 1.